The van der Waals surface area contributed by atoms with Gasteiger partial charge < -0.3 is 20.1 Å². The molecule has 56 heavy (non-hydrogen) atoms. The Morgan fingerprint density at radius 2 is 1.16 bits per heavy atom. The van der Waals surface area contributed by atoms with Crippen LogP contribution in [-0.2, 0) is 42.0 Å². The summed E-state index contributed by atoms with van der Waals surface area (Å²) < 4.78 is 0. The third-order valence-electron chi connectivity index (χ3n) is 12.0. The number of nitrogens with zero attached hydrogens (tertiary/aromatic N) is 1. The number of nitrogens with one attached hydrogen (secondary N) is 3. The lowest BCUT2D eigenvalue weighted by atomic mass is 9.94. The predicted octanol–water partition coefficient (Wildman–Crippen LogP) is 10.3. The average Bonchev–Trinajstić information content (AvgIpc) is 4.06. The highest BCUT2D eigenvalue weighted by Crippen LogP contribution is 2.37. The van der Waals surface area contributed by atoms with Gasteiger partial charge >= 0.3 is 5.97 Å². The first-order valence-corrected chi connectivity index (χ1v) is 19.8. The van der Waals surface area contributed by atoms with Crippen LogP contribution in [0.15, 0.2) is 158 Å². The van der Waals surface area contributed by atoms with E-state index in [0.29, 0.717) is 13.0 Å². The number of benzene rings is 6. The Bertz CT molecular complexity index is 2630. The zero-order chi connectivity index (χ0) is 37.4. The SMILES string of the molecule is O=C(CC1c2ccccc2CC1NCc1ccc(-c2ccc3[nH]ccc3c2)cc1)ON(Cc1ccc(-c2ccc3[nH]ccc3c2)cc1)C1Cc2ccccc2C1. The smallest absolute Gasteiger partial charge is 0.325 e. The molecule has 0 fully saturated rings. The third kappa shape index (κ3) is 6.94. The van der Waals surface area contributed by atoms with Crippen LogP contribution in [0.1, 0.15) is 45.7 Å². The molecule has 2 aliphatic rings. The summed E-state index contributed by atoms with van der Waals surface area (Å²) in [7, 11) is 0. The van der Waals surface area contributed by atoms with Gasteiger partial charge in [0, 0.05) is 41.9 Å². The molecule has 3 N–H and O–H groups in total. The van der Waals surface area contributed by atoms with E-state index in [-0.39, 0.29) is 24.0 Å². The molecular weight excluding hydrogens is 689 g/mol. The van der Waals surface area contributed by atoms with Gasteiger partial charge in [-0.3, -0.25) is 4.79 Å². The summed E-state index contributed by atoms with van der Waals surface area (Å²) in [5.41, 5.74) is 14.6. The topological polar surface area (TPSA) is 73.2 Å². The van der Waals surface area contributed by atoms with E-state index in [1.54, 1.807) is 0 Å². The van der Waals surface area contributed by atoms with Crippen LogP contribution in [-0.4, -0.2) is 33.1 Å². The lowest BCUT2D eigenvalue weighted by Gasteiger charge is -2.29. The van der Waals surface area contributed by atoms with Gasteiger partial charge in [0.2, 0.25) is 0 Å². The molecule has 6 heteroatoms. The Morgan fingerprint density at radius 1 is 0.607 bits per heavy atom. The zero-order valence-electron chi connectivity index (χ0n) is 31.2. The van der Waals surface area contributed by atoms with Gasteiger partial charge in [-0.25, -0.2) is 0 Å². The minimum atomic E-state index is -0.186. The maximum atomic E-state index is 14.1. The van der Waals surface area contributed by atoms with Crippen molar-refractivity contribution >= 4 is 27.8 Å². The number of rotatable bonds is 11. The van der Waals surface area contributed by atoms with Crippen molar-refractivity contribution in [2.75, 3.05) is 0 Å². The number of H-pyrrole nitrogens is 2. The van der Waals surface area contributed by atoms with Gasteiger partial charge in [0.25, 0.3) is 0 Å². The Morgan fingerprint density at radius 3 is 1.79 bits per heavy atom. The summed E-state index contributed by atoms with van der Waals surface area (Å²) in [6, 6.07) is 52.1. The van der Waals surface area contributed by atoms with Crippen molar-refractivity contribution in [3.8, 4) is 22.3 Å². The number of fused-ring (bicyclic) bond motifs is 4. The summed E-state index contributed by atoms with van der Waals surface area (Å²) in [5.74, 6) is -0.167. The first-order valence-electron chi connectivity index (χ1n) is 19.8. The van der Waals surface area contributed by atoms with Crippen LogP contribution in [0.3, 0.4) is 0 Å². The van der Waals surface area contributed by atoms with E-state index in [1.165, 1.54) is 55.3 Å². The summed E-state index contributed by atoms with van der Waals surface area (Å²) in [6.45, 7) is 1.25. The molecule has 6 aromatic carbocycles. The van der Waals surface area contributed by atoms with Crippen LogP contribution in [0.4, 0.5) is 0 Å². The molecule has 2 aliphatic carbocycles. The van der Waals surface area contributed by atoms with E-state index in [4.69, 9.17) is 4.84 Å². The molecule has 0 saturated heterocycles. The second kappa shape index (κ2) is 14.8. The van der Waals surface area contributed by atoms with Crippen molar-refractivity contribution < 1.29 is 9.63 Å². The molecule has 0 saturated carbocycles. The largest absolute Gasteiger partial charge is 0.367 e. The van der Waals surface area contributed by atoms with E-state index >= 15 is 0 Å². The lowest BCUT2D eigenvalue weighted by Crippen LogP contribution is -2.39. The van der Waals surface area contributed by atoms with E-state index < -0.39 is 0 Å². The molecule has 2 aromatic heterocycles. The maximum absolute atomic E-state index is 14.1. The fourth-order valence-electron chi connectivity index (χ4n) is 8.98. The molecule has 276 valence electrons. The minimum Gasteiger partial charge on any atom is -0.367 e. The molecule has 2 atom stereocenters. The van der Waals surface area contributed by atoms with Gasteiger partial charge in [-0.05, 0) is 122 Å². The quantitative estimate of drug-likeness (QED) is 0.116. The number of aromatic nitrogens is 2. The van der Waals surface area contributed by atoms with Crippen LogP contribution < -0.4 is 5.32 Å². The molecule has 0 amide bonds. The number of hydrogen-bond donors (Lipinski definition) is 3. The highest BCUT2D eigenvalue weighted by Gasteiger charge is 2.36. The van der Waals surface area contributed by atoms with Crippen molar-refractivity contribution in [2.24, 2.45) is 0 Å². The van der Waals surface area contributed by atoms with Crippen LogP contribution in [0.25, 0.3) is 44.1 Å². The molecule has 6 nitrogen and oxygen atoms in total. The minimum absolute atomic E-state index is 0.0188. The van der Waals surface area contributed by atoms with Crippen LogP contribution in [0.5, 0.6) is 0 Å². The number of hydrogen-bond acceptors (Lipinski definition) is 4. The fraction of sp³-hybridized carbons (Fsp3) is 0.180. The van der Waals surface area contributed by atoms with Crippen molar-refractivity contribution in [1.82, 2.24) is 20.3 Å². The molecule has 0 spiro atoms. The number of hydroxylamine groups is 2. The molecule has 0 aliphatic heterocycles. The second-order valence-electron chi connectivity index (χ2n) is 15.5. The Balaban J connectivity index is 0.841. The zero-order valence-corrected chi connectivity index (χ0v) is 31.2. The summed E-state index contributed by atoms with van der Waals surface area (Å²) >= 11 is 0. The second-order valence-corrected chi connectivity index (χ2v) is 15.5. The molecule has 10 rings (SSSR count). The van der Waals surface area contributed by atoms with Gasteiger partial charge in [-0.1, -0.05) is 109 Å². The van der Waals surface area contributed by atoms with E-state index in [2.05, 4.69) is 161 Å². The van der Waals surface area contributed by atoms with Crippen molar-refractivity contribution in [2.45, 2.75) is 56.8 Å². The number of carbonyl (C=O) groups excluding carboxylic acids is 1. The van der Waals surface area contributed by atoms with Crippen LogP contribution in [0, 0.1) is 0 Å². The Kier molecular flexibility index (Phi) is 9.06. The maximum Gasteiger partial charge on any atom is 0.325 e. The summed E-state index contributed by atoms with van der Waals surface area (Å²) in [4.78, 5) is 27.1. The molecule has 2 heterocycles. The average molecular weight is 733 g/mol. The highest BCUT2D eigenvalue weighted by molar-refractivity contribution is 5.86. The van der Waals surface area contributed by atoms with Gasteiger partial charge in [-0.2, -0.15) is 0 Å². The predicted molar refractivity (Wildman–Crippen MR) is 225 cm³/mol. The molecule has 0 radical (unpaired) electrons. The van der Waals surface area contributed by atoms with Gasteiger partial charge in [0.05, 0.1) is 19.0 Å². The van der Waals surface area contributed by atoms with E-state index in [0.717, 1.165) is 48.0 Å². The van der Waals surface area contributed by atoms with Gasteiger partial charge in [-0.15, -0.1) is 5.06 Å². The summed E-state index contributed by atoms with van der Waals surface area (Å²) in [6.07, 6.45) is 6.86. The number of carbonyl (C=O) groups is 1. The van der Waals surface area contributed by atoms with E-state index in [9.17, 15) is 4.79 Å². The van der Waals surface area contributed by atoms with Gasteiger partial charge in [0.15, 0.2) is 0 Å². The van der Waals surface area contributed by atoms with Crippen molar-refractivity contribution in [3.63, 3.8) is 0 Å². The normalized spacial score (nSPS) is 16.4. The molecule has 2 unspecified atom stereocenters. The third-order valence-corrected chi connectivity index (χ3v) is 12.0. The monoisotopic (exact) mass is 732 g/mol. The fourth-order valence-corrected chi connectivity index (χ4v) is 8.98. The lowest BCUT2D eigenvalue weighted by molar-refractivity contribution is -0.206. The Hall–Kier alpha value is -6.21. The van der Waals surface area contributed by atoms with Crippen LogP contribution in [0.2, 0.25) is 0 Å². The van der Waals surface area contributed by atoms with Crippen LogP contribution >= 0.6 is 0 Å². The van der Waals surface area contributed by atoms with Crippen molar-refractivity contribution in [1.29, 1.82) is 0 Å². The van der Waals surface area contributed by atoms with Crippen molar-refractivity contribution in [3.05, 3.63) is 191 Å². The standard InChI is InChI=1S/C50H44N4O2/c55-50(30-46-45-8-4-3-7-41(45)29-49(46)53-31-33-9-13-35(14-10-33)39-17-19-47-42(25-39)21-23-51-47)56-54(44-27-37-5-1-2-6-38(37)28-44)32-34-11-15-36(16-12-34)40-18-20-48-43(26-40)22-24-52-48/h1-26,44,46,49,51-53H,27-32H2. The van der Waals surface area contributed by atoms with E-state index in [1.807, 2.05) is 17.5 Å². The van der Waals surface area contributed by atoms with Gasteiger partial charge in [0.1, 0.15) is 0 Å². The first-order chi connectivity index (χ1) is 27.6. The highest BCUT2D eigenvalue weighted by atomic mass is 16.7. The molecular formula is C50H44N4O2. The number of aromatic amines is 2. The first kappa shape index (κ1) is 34.3. The summed E-state index contributed by atoms with van der Waals surface area (Å²) in [5, 5.41) is 8.21. The molecule has 8 aromatic rings. The molecule has 0 bridgehead atoms. The Labute approximate surface area is 327 Å².